The molecule has 1 aliphatic rings. The Morgan fingerprint density at radius 3 is 2.44 bits per heavy atom. The topological polar surface area (TPSA) is 26.3 Å². The van der Waals surface area contributed by atoms with E-state index in [0.717, 1.165) is 18.4 Å². The quantitative estimate of drug-likeness (QED) is 0.726. The van der Waals surface area contributed by atoms with Gasteiger partial charge in [0.05, 0.1) is 6.10 Å². The SMILES string of the molecule is Cc1ccc(C(=O)C(C)OC2CCC2)cc1. The summed E-state index contributed by atoms with van der Waals surface area (Å²) in [5, 5.41) is 0. The van der Waals surface area contributed by atoms with E-state index in [2.05, 4.69) is 0 Å². The molecule has 2 nitrogen and oxygen atoms in total. The largest absolute Gasteiger partial charge is 0.367 e. The van der Waals surface area contributed by atoms with E-state index < -0.39 is 0 Å². The van der Waals surface area contributed by atoms with Crippen molar-refractivity contribution in [2.75, 3.05) is 0 Å². The lowest BCUT2D eigenvalue weighted by atomic mass is 9.95. The predicted octanol–water partition coefficient (Wildman–Crippen LogP) is 3.14. The molecule has 1 fully saturated rings. The van der Waals surface area contributed by atoms with Gasteiger partial charge in [0.2, 0.25) is 0 Å². The van der Waals surface area contributed by atoms with E-state index in [9.17, 15) is 4.79 Å². The molecule has 1 saturated carbocycles. The summed E-state index contributed by atoms with van der Waals surface area (Å²) in [7, 11) is 0. The van der Waals surface area contributed by atoms with E-state index in [1.807, 2.05) is 38.1 Å². The average molecular weight is 218 g/mol. The molecule has 0 saturated heterocycles. The van der Waals surface area contributed by atoms with Crippen molar-refractivity contribution in [2.24, 2.45) is 0 Å². The van der Waals surface area contributed by atoms with Crippen molar-refractivity contribution in [1.29, 1.82) is 0 Å². The summed E-state index contributed by atoms with van der Waals surface area (Å²) in [6, 6.07) is 7.67. The van der Waals surface area contributed by atoms with Crippen LogP contribution in [0.3, 0.4) is 0 Å². The van der Waals surface area contributed by atoms with Crippen LogP contribution in [0.1, 0.15) is 42.1 Å². The smallest absolute Gasteiger partial charge is 0.191 e. The standard InChI is InChI=1S/C14H18O2/c1-10-6-8-12(9-7-10)14(15)11(2)16-13-4-3-5-13/h6-9,11,13H,3-5H2,1-2H3. The van der Waals surface area contributed by atoms with Crippen LogP contribution in [0.25, 0.3) is 0 Å². The van der Waals surface area contributed by atoms with Crippen LogP contribution in [0, 0.1) is 6.92 Å². The monoisotopic (exact) mass is 218 g/mol. The van der Waals surface area contributed by atoms with Crippen LogP contribution in [0.2, 0.25) is 0 Å². The summed E-state index contributed by atoms with van der Waals surface area (Å²) in [5.41, 5.74) is 1.92. The first-order valence-corrected chi connectivity index (χ1v) is 5.93. The van der Waals surface area contributed by atoms with E-state index in [1.165, 1.54) is 12.0 Å². The lowest BCUT2D eigenvalue weighted by molar-refractivity contribution is -0.0313. The summed E-state index contributed by atoms with van der Waals surface area (Å²) in [5.74, 6) is 0.0897. The molecule has 2 rings (SSSR count). The number of rotatable bonds is 4. The van der Waals surface area contributed by atoms with Crippen molar-refractivity contribution >= 4 is 5.78 Å². The molecule has 0 bridgehead atoms. The number of carbonyl (C=O) groups is 1. The second kappa shape index (κ2) is 4.79. The molecule has 1 aromatic carbocycles. The van der Waals surface area contributed by atoms with Gasteiger partial charge in [-0.3, -0.25) is 4.79 Å². The Bertz CT molecular complexity index is 363. The van der Waals surface area contributed by atoms with Crippen molar-refractivity contribution in [3.8, 4) is 0 Å². The van der Waals surface area contributed by atoms with Crippen LogP contribution in [0.5, 0.6) is 0 Å². The molecular weight excluding hydrogens is 200 g/mol. The minimum Gasteiger partial charge on any atom is -0.367 e. The third-order valence-corrected chi connectivity index (χ3v) is 3.15. The normalized spacial score (nSPS) is 17.9. The Labute approximate surface area is 96.6 Å². The Kier molecular flexibility index (Phi) is 3.39. The Balaban J connectivity index is 1.97. The zero-order chi connectivity index (χ0) is 11.5. The van der Waals surface area contributed by atoms with Gasteiger partial charge >= 0.3 is 0 Å². The van der Waals surface area contributed by atoms with Gasteiger partial charge in [-0.15, -0.1) is 0 Å². The highest BCUT2D eigenvalue weighted by atomic mass is 16.5. The molecule has 0 spiro atoms. The zero-order valence-electron chi connectivity index (χ0n) is 9.90. The highest BCUT2D eigenvalue weighted by Gasteiger charge is 2.24. The number of hydrogen-bond donors (Lipinski definition) is 0. The average Bonchev–Trinajstić information content (AvgIpc) is 2.23. The van der Waals surface area contributed by atoms with Crippen LogP contribution in [0.15, 0.2) is 24.3 Å². The van der Waals surface area contributed by atoms with Gasteiger partial charge in [0.1, 0.15) is 6.10 Å². The van der Waals surface area contributed by atoms with E-state index in [1.54, 1.807) is 0 Å². The van der Waals surface area contributed by atoms with Crippen LogP contribution >= 0.6 is 0 Å². The van der Waals surface area contributed by atoms with E-state index in [4.69, 9.17) is 4.74 Å². The molecule has 1 unspecified atom stereocenters. The summed E-state index contributed by atoms with van der Waals surface area (Å²) in [6.45, 7) is 3.86. The minimum absolute atomic E-state index is 0.0897. The number of benzene rings is 1. The fourth-order valence-electron chi connectivity index (χ4n) is 1.81. The molecule has 2 heteroatoms. The van der Waals surface area contributed by atoms with Crippen molar-refractivity contribution in [1.82, 2.24) is 0 Å². The number of carbonyl (C=O) groups excluding carboxylic acids is 1. The number of aryl methyl sites for hydroxylation is 1. The van der Waals surface area contributed by atoms with Crippen LogP contribution in [-0.4, -0.2) is 18.0 Å². The molecule has 0 amide bonds. The summed E-state index contributed by atoms with van der Waals surface area (Å²) < 4.78 is 5.68. The molecule has 0 N–H and O–H groups in total. The fraction of sp³-hybridized carbons (Fsp3) is 0.500. The summed E-state index contributed by atoms with van der Waals surface area (Å²) in [4.78, 5) is 12.0. The Morgan fingerprint density at radius 1 is 1.31 bits per heavy atom. The van der Waals surface area contributed by atoms with E-state index in [0.29, 0.717) is 6.10 Å². The molecule has 16 heavy (non-hydrogen) atoms. The minimum atomic E-state index is -0.312. The number of hydrogen-bond acceptors (Lipinski definition) is 2. The van der Waals surface area contributed by atoms with E-state index >= 15 is 0 Å². The van der Waals surface area contributed by atoms with Crippen molar-refractivity contribution in [2.45, 2.75) is 45.3 Å². The molecule has 0 aliphatic heterocycles. The third-order valence-electron chi connectivity index (χ3n) is 3.15. The van der Waals surface area contributed by atoms with Crippen LogP contribution in [-0.2, 0) is 4.74 Å². The lowest BCUT2D eigenvalue weighted by Gasteiger charge is -2.28. The first kappa shape index (κ1) is 11.3. The van der Waals surface area contributed by atoms with Crippen LogP contribution in [0.4, 0.5) is 0 Å². The number of Topliss-reactive ketones (excluding diaryl/α,β-unsaturated/α-hetero) is 1. The molecule has 86 valence electrons. The first-order chi connectivity index (χ1) is 7.66. The molecule has 1 aromatic rings. The van der Waals surface area contributed by atoms with Gasteiger partial charge in [0.15, 0.2) is 5.78 Å². The predicted molar refractivity (Wildman–Crippen MR) is 63.7 cm³/mol. The summed E-state index contributed by atoms with van der Waals surface area (Å²) in [6.07, 6.45) is 3.44. The van der Waals surface area contributed by atoms with Gasteiger partial charge < -0.3 is 4.74 Å². The third kappa shape index (κ3) is 2.50. The second-order valence-electron chi connectivity index (χ2n) is 4.56. The molecule has 0 heterocycles. The second-order valence-corrected chi connectivity index (χ2v) is 4.56. The first-order valence-electron chi connectivity index (χ1n) is 5.93. The molecule has 0 aromatic heterocycles. The highest BCUT2D eigenvalue weighted by Crippen LogP contribution is 2.24. The number of ether oxygens (including phenoxy) is 1. The number of ketones is 1. The fourth-order valence-corrected chi connectivity index (χ4v) is 1.81. The maximum Gasteiger partial charge on any atom is 0.191 e. The maximum atomic E-state index is 12.0. The van der Waals surface area contributed by atoms with Gasteiger partial charge in [-0.2, -0.15) is 0 Å². The zero-order valence-corrected chi connectivity index (χ0v) is 9.90. The molecule has 0 radical (unpaired) electrons. The molecule has 1 aliphatic carbocycles. The lowest BCUT2D eigenvalue weighted by Crippen LogP contribution is -2.31. The van der Waals surface area contributed by atoms with E-state index in [-0.39, 0.29) is 11.9 Å². The van der Waals surface area contributed by atoms with Crippen molar-refractivity contribution < 1.29 is 9.53 Å². The molecule has 1 atom stereocenters. The maximum absolute atomic E-state index is 12.0. The van der Waals surface area contributed by atoms with Gasteiger partial charge in [-0.25, -0.2) is 0 Å². The van der Waals surface area contributed by atoms with Gasteiger partial charge in [0, 0.05) is 5.56 Å². The van der Waals surface area contributed by atoms with Crippen molar-refractivity contribution in [3.05, 3.63) is 35.4 Å². The Morgan fingerprint density at radius 2 is 1.94 bits per heavy atom. The van der Waals surface area contributed by atoms with Gasteiger partial charge in [-0.1, -0.05) is 29.8 Å². The molecular formula is C14H18O2. The highest BCUT2D eigenvalue weighted by molar-refractivity contribution is 5.99. The van der Waals surface area contributed by atoms with Crippen molar-refractivity contribution in [3.63, 3.8) is 0 Å². The van der Waals surface area contributed by atoms with Crippen LogP contribution < -0.4 is 0 Å². The Hall–Kier alpha value is -1.15. The summed E-state index contributed by atoms with van der Waals surface area (Å²) >= 11 is 0. The van der Waals surface area contributed by atoms with Gasteiger partial charge in [-0.05, 0) is 33.1 Å². The van der Waals surface area contributed by atoms with Gasteiger partial charge in [0.25, 0.3) is 0 Å².